The number of rotatable bonds is 5. The zero-order chi connectivity index (χ0) is 19.8. The number of nitrogens with zero attached hydrogens (tertiary/aromatic N) is 3. The van der Waals surface area contributed by atoms with E-state index in [1.807, 2.05) is 41.8 Å². The van der Waals surface area contributed by atoms with Crippen molar-refractivity contribution in [2.45, 2.75) is 17.9 Å². The Morgan fingerprint density at radius 1 is 1.14 bits per heavy atom. The van der Waals surface area contributed by atoms with Gasteiger partial charge in [0.2, 0.25) is 5.89 Å². The van der Waals surface area contributed by atoms with Crippen LogP contribution in [0.4, 0.5) is 0 Å². The summed E-state index contributed by atoms with van der Waals surface area (Å²) in [5.74, 6) is 1.49. The Morgan fingerprint density at radius 2 is 2.00 bits per heavy atom. The molecule has 5 aromatic rings. The minimum Gasteiger partial charge on any atom is -0.411 e. The van der Waals surface area contributed by atoms with Crippen molar-refractivity contribution in [3.05, 3.63) is 68.9 Å². The Bertz CT molecular complexity index is 1350. The van der Waals surface area contributed by atoms with Gasteiger partial charge in [0.15, 0.2) is 0 Å². The van der Waals surface area contributed by atoms with Crippen molar-refractivity contribution in [2.75, 3.05) is 0 Å². The minimum absolute atomic E-state index is 0.122. The van der Waals surface area contributed by atoms with Crippen LogP contribution < -0.4 is 5.56 Å². The number of thioether (sulfide) groups is 1. The van der Waals surface area contributed by atoms with E-state index in [4.69, 9.17) is 4.42 Å². The molecule has 0 amide bonds. The molecule has 0 radical (unpaired) electrons. The average Bonchev–Trinajstić information content (AvgIpc) is 3.46. The van der Waals surface area contributed by atoms with Gasteiger partial charge in [0.1, 0.15) is 10.7 Å². The summed E-state index contributed by atoms with van der Waals surface area (Å²) in [6, 6.07) is 13.7. The summed E-state index contributed by atoms with van der Waals surface area (Å²) < 4.78 is 5.70. The van der Waals surface area contributed by atoms with Gasteiger partial charge in [-0.3, -0.25) is 4.79 Å². The van der Waals surface area contributed by atoms with E-state index in [0.29, 0.717) is 28.1 Å². The molecule has 0 aliphatic heterocycles. The molecular formula is C20H14N4O2S3. The van der Waals surface area contributed by atoms with Gasteiger partial charge in [-0.2, -0.15) is 0 Å². The van der Waals surface area contributed by atoms with Crippen LogP contribution in [0, 0.1) is 6.92 Å². The van der Waals surface area contributed by atoms with Crippen molar-refractivity contribution in [1.29, 1.82) is 0 Å². The molecule has 4 heterocycles. The summed E-state index contributed by atoms with van der Waals surface area (Å²) in [5, 5.41) is 11.2. The van der Waals surface area contributed by atoms with Crippen molar-refractivity contribution in [3.63, 3.8) is 0 Å². The number of hydrogen-bond acceptors (Lipinski definition) is 8. The number of thiophene rings is 2. The van der Waals surface area contributed by atoms with E-state index < -0.39 is 0 Å². The van der Waals surface area contributed by atoms with Crippen LogP contribution in [-0.2, 0) is 5.75 Å². The van der Waals surface area contributed by atoms with Crippen molar-refractivity contribution in [1.82, 2.24) is 20.2 Å². The van der Waals surface area contributed by atoms with Crippen LogP contribution in [-0.4, -0.2) is 20.2 Å². The number of benzene rings is 1. The Balaban J connectivity index is 1.38. The van der Waals surface area contributed by atoms with Crippen molar-refractivity contribution in [2.24, 2.45) is 0 Å². The van der Waals surface area contributed by atoms with Gasteiger partial charge in [-0.1, -0.05) is 30.0 Å². The standard InChI is InChI=1S/C20H14N4O2S3/c1-11-7-8-14(29-11)13-9-27-19-16(13)17(25)21-15(22-19)10-28-20-24-23-18(26-20)12-5-3-2-4-6-12/h2-9H,10H2,1H3,(H,21,22,25). The van der Waals surface area contributed by atoms with E-state index in [0.717, 1.165) is 20.8 Å². The lowest BCUT2D eigenvalue weighted by atomic mass is 10.2. The smallest absolute Gasteiger partial charge is 0.277 e. The zero-order valence-electron chi connectivity index (χ0n) is 15.2. The minimum atomic E-state index is -0.122. The molecule has 9 heteroatoms. The molecule has 1 aromatic carbocycles. The maximum Gasteiger partial charge on any atom is 0.277 e. The molecule has 0 aliphatic carbocycles. The second kappa shape index (κ2) is 7.58. The largest absolute Gasteiger partial charge is 0.411 e. The number of aryl methyl sites for hydroxylation is 1. The molecule has 0 spiro atoms. The second-order valence-corrected chi connectivity index (χ2v) is 9.35. The number of H-pyrrole nitrogens is 1. The Kier molecular flexibility index (Phi) is 4.78. The first-order valence-electron chi connectivity index (χ1n) is 8.76. The van der Waals surface area contributed by atoms with Crippen molar-refractivity contribution < 1.29 is 4.42 Å². The third-order valence-electron chi connectivity index (χ3n) is 4.26. The highest BCUT2D eigenvalue weighted by atomic mass is 32.2. The molecule has 29 heavy (non-hydrogen) atoms. The first kappa shape index (κ1) is 18.3. The van der Waals surface area contributed by atoms with Crippen LogP contribution in [0.3, 0.4) is 0 Å². The summed E-state index contributed by atoms with van der Waals surface area (Å²) >= 11 is 4.51. The molecule has 144 valence electrons. The molecule has 0 atom stereocenters. The molecule has 4 aromatic heterocycles. The summed E-state index contributed by atoms with van der Waals surface area (Å²) in [5.41, 5.74) is 1.69. The Morgan fingerprint density at radius 3 is 2.79 bits per heavy atom. The van der Waals surface area contributed by atoms with Crippen LogP contribution in [0.5, 0.6) is 0 Å². The average molecular weight is 439 g/mol. The second-order valence-electron chi connectivity index (χ2n) is 6.28. The molecule has 0 aliphatic rings. The maximum atomic E-state index is 12.7. The highest BCUT2D eigenvalue weighted by Gasteiger charge is 2.15. The van der Waals surface area contributed by atoms with Crippen molar-refractivity contribution >= 4 is 44.7 Å². The highest BCUT2D eigenvalue weighted by molar-refractivity contribution is 7.98. The molecule has 0 bridgehead atoms. The van der Waals surface area contributed by atoms with E-state index in [1.165, 1.54) is 28.0 Å². The predicted octanol–water partition coefficient (Wildman–Crippen LogP) is 5.36. The summed E-state index contributed by atoms with van der Waals surface area (Å²) in [6.45, 7) is 2.06. The maximum absolute atomic E-state index is 12.7. The lowest BCUT2D eigenvalue weighted by Crippen LogP contribution is -2.10. The van der Waals surface area contributed by atoms with Gasteiger partial charge < -0.3 is 9.40 Å². The number of hydrogen-bond donors (Lipinski definition) is 1. The third-order valence-corrected chi connectivity index (χ3v) is 6.99. The lowest BCUT2D eigenvalue weighted by Gasteiger charge is -2.00. The Hall–Kier alpha value is -2.75. The van der Waals surface area contributed by atoms with Gasteiger partial charge in [0, 0.05) is 26.3 Å². The molecule has 1 N–H and O–H groups in total. The van der Waals surface area contributed by atoms with Gasteiger partial charge in [0.05, 0.1) is 11.1 Å². The molecule has 0 saturated carbocycles. The van der Waals surface area contributed by atoms with Gasteiger partial charge in [-0.25, -0.2) is 4.98 Å². The van der Waals surface area contributed by atoms with Gasteiger partial charge in [-0.15, -0.1) is 32.9 Å². The number of nitrogens with one attached hydrogen (secondary N) is 1. The van der Waals surface area contributed by atoms with Crippen LogP contribution in [0.15, 0.2) is 62.3 Å². The highest BCUT2D eigenvalue weighted by Crippen LogP contribution is 2.35. The van der Waals surface area contributed by atoms with Crippen molar-refractivity contribution in [3.8, 4) is 21.9 Å². The van der Waals surface area contributed by atoms with Crippen LogP contribution in [0.25, 0.3) is 32.1 Å². The molecule has 0 fully saturated rings. The zero-order valence-corrected chi connectivity index (χ0v) is 17.7. The number of fused-ring (bicyclic) bond motifs is 1. The van der Waals surface area contributed by atoms with E-state index in [-0.39, 0.29) is 5.56 Å². The molecule has 0 saturated heterocycles. The lowest BCUT2D eigenvalue weighted by molar-refractivity contribution is 0.465. The predicted molar refractivity (Wildman–Crippen MR) is 118 cm³/mol. The summed E-state index contributed by atoms with van der Waals surface area (Å²) in [6.07, 6.45) is 0. The SMILES string of the molecule is Cc1ccc(-c2csc3nc(CSc4nnc(-c5ccccc5)o4)[nH]c(=O)c23)s1. The molecule has 5 rings (SSSR count). The van der Waals surface area contributed by atoms with Crippen LogP contribution in [0.1, 0.15) is 10.7 Å². The monoisotopic (exact) mass is 438 g/mol. The van der Waals surface area contributed by atoms with Crippen LogP contribution >= 0.6 is 34.4 Å². The number of aromatic amines is 1. The van der Waals surface area contributed by atoms with Gasteiger partial charge >= 0.3 is 0 Å². The van der Waals surface area contributed by atoms with E-state index in [1.54, 1.807) is 11.3 Å². The summed E-state index contributed by atoms with van der Waals surface area (Å²) in [7, 11) is 0. The third kappa shape index (κ3) is 3.64. The van der Waals surface area contributed by atoms with E-state index in [9.17, 15) is 4.79 Å². The quantitative estimate of drug-likeness (QED) is 0.372. The Labute approximate surface area is 177 Å². The van der Waals surface area contributed by atoms with Gasteiger partial charge in [-0.05, 0) is 31.2 Å². The summed E-state index contributed by atoms with van der Waals surface area (Å²) in [4.78, 5) is 23.3. The van der Waals surface area contributed by atoms with Crippen LogP contribution in [0.2, 0.25) is 0 Å². The van der Waals surface area contributed by atoms with Gasteiger partial charge in [0.25, 0.3) is 10.8 Å². The van der Waals surface area contributed by atoms with E-state index >= 15 is 0 Å². The first-order chi connectivity index (χ1) is 14.2. The first-order valence-corrected chi connectivity index (χ1v) is 11.4. The molecule has 0 unspecified atom stereocenters. The fourth-order valence-electron chi connectivity index (χ4n) is 2.92. The van der Waals surface area contributed by atoms with E-state index in [2.05, 4.69) is 33.2 Å². The number of aromatic nitrogens is 4. The normalized spacial score (nSPS) is 11.3. The fourth-order valence-corrected chi connectivity index (χ4v) is 5.47. The topological polar surface area (TPSA) is 84.7 Å². The molecule has 6 nitrogen and oxygen atoms in total. The molecular weight excluding hydrogens is 424 g/mol. The fraction of sp³-hybridized carbons (Fsp3) is 0.100.